The van der Waals surface area contributed by atoms with Crippen molar-refractivity contribution >= 4 is 18.0 Å². The van der Waals surface area contributed by atoms with Crippen LogP contribution in [0.25, 0.3) is 0 Å². The molecule has 0 heterocycles. The molecular formula is C21H40O2S. The van der Waals surface area contributed by atoms with E-state index in [1.807, 2.05) is 0 Å². The zero-order chi connectivity index (χ0) is 18.0. The number of carbonyl (C=O) groups is 1. The van der Waals surface area contributed by atoms with Gasteiger partial charge in [0.25, 0.3) is 0 Å². The maximum atomic E-state index is 11.4. The van der Waals surface area contributed by atoms with E-state index in [4.69, 9.17) is 4.18 Å². The summed E-state index contributed by atoms with van der Waals surface area (Å²) < 4.78 is 5.19. The molecule has 0 radical (unpaired) electrons. The predicted octanol–water partition coefficient (Wildman–Crippen LogP) is 7.62. The normalized spacial score (nSPS) is 12.1. The Kier molecular flexibility index (Phi) is 17.1. The van der Waals surface area contributed by atoms with E-state index in [0.717, 1.165) is 12.8 Å². The average molecular weight is 357 g/mol. The number of unbranched alkanes of at least 4 members (excludes halogenated alkanes) is 11. The third-order valence-corrected chi connectivity index (χ3v) is 5.53. The van der Waals surface area contributed by atoms with Crippen molar-refractivity contribution < 1.29 is 8.98 Å². The molecule has 0 aromatic heterocycles. The summed E-state index contributed by atoms with van der Waals surface area (Å²) >= 11 is 1.33. The van der Waals surface area contributed by atoms with Crippen LogP contribution in [-0.4, -0.2) is 11.2 Å². The second-order valence-electron chi connectivity index (χ2n) is 6.96. The molecule has 0 spiro atoms. The van der Waals surface area contributed by atoms with Crippen molar-refractivity contribution in [3.63, 3.8) is 0 Å². The van der Waals surface area contributed by atoms with Crippen LogP contribution in [0.3, 0.4) is 0 Å². The highest BCUT2D eigenvalue weighted by atomic mass is 32.2. The van der Waals surface area contributed by atoms with Gasteiger partial charge in [0.1, 0.15) is 0 Å². The van der Waals surface area contributed by atoms with Crippen molar-refractivity contribution in [1.29, 1.82) is 0 Å². The molecule has 0 aliphatic heterocycles. The number of carbonyl (C=O) groups excluding carboxylic acids is 1. The first kappa shape index (κ1) is 23.6. The van der Waals surface area contributed by atoms with Gasteiger partial charge in [-0.05, 0) is 19.8 Å². The summed E-state index contributed by atoms with van der Waals surface area (Å²) in [5.74, 6) is -0.284. The van der Waals surface area contributed by atoms with E-state index in [-0.39, 0.29) is 5.97 Å². The van der Waals surface area contributed by atoms with Crippen LogP contribution in [0.5, 0.6) is 0 Å². The molecule has 0 aliphatic carbocycles. The first-order chi connectivity index (χ1) is 11.6. The fraction of sp³-hybridized carbons (Fsp3) is 0.857. The molecule has 0 aliphatic rings. The molecule has 0 saturated heterocycles. The predicted molar refractivity (Wildman–Crippen MR) is 108 cm³/mol. The number of rotatable bonds is 17. The van der Waals surface area contributed by atoms with E-state index in [0.29, 0.717) is 10.8 Å². The molecule has 0 rings (SSSR count). The Morgan fingerprint density at radius 1 is 0.875 bits per heavy atom. The lowest BCUT2D eigenvalue weighted by Gasteiger charge is -2.13. The fourth-order valence-corrected chi connectivity index (χ4v) is 3.48. The lowest BCUT2D eigenvalue weighted by molar-refractivity contribution is -0.128. The van der Waals surface area contributed by atoms with Gasteiger partial charge in [-0.2, -0.15) is 0 Å². The van der Waals surface area contributed by atoms with Crippen LogP contribution < -0.4 is 0 Å². The number of hydrogen-bond acceptors (Lipinski definition) is 3. The Hall–Kier alpha value is -0.440. The summed E-state index contributed by atoms with van der Waals surface area (Å²) in [5, 5.41) is 0.427. The molecule has 0 bridgehead atoms. The molecule has 2 nitrogen and oxygen atoms in total. The van der Waals surface area contributed by atoms with Crippen molar-refractivity contribution in [1.82, 2.24) is 0 Å². The maximum Gasteiger partial charge on any atom is 0.345 e. The van der Waals surface area contributed by atoms with Crippen molar-refractivity contribution in [3.8, 4) is 0 Å². The minimum atomic E-state index is -0.284. The third-order valence-electron chi connectivity index (χ3n) is 4.44. The minimum absolute atomic E-state index is 0.284. The Morgan fingerprint density at radius 2 is 1.33 bits per heavy atom. The molecule has 0 fully saturated rings. The molecule has 142 valence electrons. The Bertz CT molecular complexity index is 315. The van der Waals surface area contributed by atoms with Crippen molar-refractivity contribution in [2.45, 2.75) is 116 Å². The molecule has 1 unspecified atom stereocenters. The Balaban J connectivity index is 3.38. The van der Waals surface area contributed by atoms with Gasteiger partial charge in [-0.15, -0.1) is 0 Å². The average Bonchev–Trinajstić information content (AvgIpc) is 2.58. The smallest absolute Gasteiger partial charge is 0.345 e. The van der Waals surface area contributed by atoms with Crippen LogP contribution in [0, 0.1) is 0 Å². The monoisotopic (exact) mass is 356 g/mol. The van der Waals surface area contributed by atoms with Gasteiger partial charge < -0.3 is 4.18 Å². The van der Waals surface area contributed by atoms with Crippen LogP contribution in [0.15, 0.2) is 12.2 Å². The minimum Gasteiger partial charge on any atom is -0.388 e. The summed E-state index contributed by atoms with van der Waals surface area (Å²) in [6.45, 7) is 9.73. The van der Waals surface area contributed by atoms with Crippen LogP contribution in [0.2, 0.25) is 0 Å². The molecule has 0 aromatic carbocycles. The van der Waals surface area contributed by atoms with Gasteiger partial charge in [0.15, 0.2) is 0 Å². The highest BCUT2D eigenvalue weighted by Crippen LogP contribution is 2.23. The molecule has 1 atom stereocenters. The zero-order valence-corrected chi connectivity index (χ0v) is 17.2. The van der Waals surface area contributed by atoms with Crippen LogP contribution in [0.4, 0.5) is 0 Å². The quantitative estimate of drug-likeness (QED) is 0.152. The summed E-state index contributed by atoms with van der Waals surface area (Å²) in [4.78, 5) is 11.4. The zero-order valence-electron chi connectivity index (χ0n) is 16.4. The summed E-state index contributed by atoms with van der Waals surface area (Å²) in [7, 11) is 0. The second kappa shape index (κ2) is 17.4. The van der Waals surface area contributed by atoms with E-state index >= 15 is 0 Å². The van der Waals surface area contributed by atoms with E-state index in [1.165, 1.54) is 89.1 Å². The van der Waals surface area contributed by atoms with Gasteiger partial charge in [0.05, 0.1) is 12.0 Å². The topological polar surface area (TPSA) is 26.3 Å². The van der Waals surface area contributed by atoms with E-state index < -0.39 is 0 Å². The lowest BCUT2D eigenvalue weighted by atomic mass is 10.0. The van der Waals surface area contributed by atoms with Gasteiger partial charge in [-0.25, -0.2) is 4.79 Å². The fourth-order valence-electron chi connectivity index (χ4n) is 2.72. The first-order valence-electron chi connectivity index (χ1n) is 10.1. The molecule has 0 amide bonds. The lowest BCUT2D eigenvalue weighted by Crippen LogP contribution is -2.06. The van der Waals surface area contributed by atoms with Gasteiger partial charge >= 0.3 is 5.97 Å². The summed E-state index contributed by atoms with van der Waals surface area (Å²) in [5.41, 5.74) is 0.475. The Labute approximate surface area is 155 Å². The van der Waals surface area contributed by atoms with Gasteiger partial charge in [0, 0.05) is 10.8 Å². The van der Waals surface area contributed by atoms with Crippen molar-refractivity contribution in [2.24, 2.45) is 0 Å². The maximum absolute atomic E-state index is 11.4. The third kappa shape index (κ3) is 15.1. The van der Waals surface area contributed by atoms with Gasteiger partial charge in [-0.1, -0.05) is 97.5 Å². The van der Waals surface area contributed by atoms with Crippen LogP contribution in [-0.2, 0) is 8.98 Å². The molecule has 3 heteroatoms. The summed E-state index contributed by atoms with van der Waals surface area (Å²) in [6, 6.07) is 0. The van der Waals surface area contributed by atoms with Crippen molar-refractivity contribution in [2.75, 3.05) is 0 Å². The standard InChI is InChI=1S/C21H40O2S/c1-5-7-8-9-10-11-12-13-14-15-16-17-18-20(6-2)24-23-21(22)19(3)4/h20H,3,5-18H2,1-2,4H3. The van der Waals surface area contributed by atoms with E-state index in [2.05, 4.69) is 20.4 Å². The van der Waals surface area contributed by atoms with Crippen LogP contribution in [0.1, 0.15) is 111 Å². The highest BCUT2D eigenvalue weighted by Gasteiger charge is 2.12. The SMILES string of the molecule is C=C(C)C(=O)OSC(CC)CCCCCCCCCCCCCC. The van der Waals surface area contributed by atoms with E-state index in [9.17, 15) is 4.79 Å². The molecule has 0 saturated carbocycles. The van der Waals surface area contributed by atoms with Gasteiger partial charge in [0.2, 0.25) is 0 Å². The Morgan fingerprint density at radius 3 is 1.75 bits per heavy atom. The second-order valence-corrected chi connectivity index (χ2v) is 7.98. The highest BCUT2D eigenvalue weighted by molar-refractivity contribution is 7.95. The first-order valence-corrected chi connectivity index (χ1v) is 10.9. The molecular weight excluding hydrogens is 316 g/mol. The molecule has 0 aromatic rings. The summed E-state index contributed by atoms with van der Waals surface area (Å²) in [6.07, 6.45) is 18.7. The van der Waals surface area contributed by atoms with Crippen molar-refractivity contribution in [3.05, 3.63) is 12.2 Å². The van der Waals surface area contributed by atoms with E-state index in [1.54, 1.807) is 6.92 Å². The molecule has 0 N–H and O–H groups in total. The molecule has 24 heavy (non-hydrogen) atoms. The largest absolute Gasteiger partial charge is 0.388 e. The number of hydrogen-bond donors (Lipinski definition) is 0. The van der Waals surface area contributed by atoms with Gasteiger partial charge in [-0.3, -0.25) is 0 Å². The van der Waals surface area contributed by atoms with Crippen LogP contribution >= 0.6 is 12.0 Å².